The Bertz CT molecular complexity index is 988. The van der Waals surface area contributed by atoms with Gasteiger partial charge >= 0.3 is 0 Å². The molecule has 29 heavy (non-hydrogen) atoms. The number of para-hydroxylation sites is 1. The molecule has 5 nitrogen and oxygen atoms in total. The van der Waals surface area contributed by atoms with Crippen LogP contribution >= 0.6 is 0 Å². The fraction of sp³-hybridized carbons (Fsp3) is 0.333. The summed E-state index contributed by atoms with van der Waals surface area (Å²) in [4.78, 5) is 12.9. The fourth-order valence-electron chi connectivity index (χ4n) is 3.53. The van der Waals surface area contributed by atoms with Gasteiger partial charge in [0.05, 0.1) is 29.7 Å². The lowest BCUT2D eigenvalue weighted by Crippen LogP contribution is -2.23. The average molecular weight is 389 g/mol. The third-order valence-electron chi connectivity index (χ3n) is 5.31. The van der Waals surface area contributed by atoms with Crippen molar-refractivity contribution in [3.8, 4) is 5.69 Å². The second-order valence-corrected chi connectivity index (χ2v) is 7.55. The van der Waals surface area contributed by atoms with Crippen molar-refractivity contribution < 1.29 is 9.53 Å². The highest BCUT2D eigenvalue weighted by atomic mass is 16.5. The standard InChI is InChI=1S/C24H27N3O2/c1-3-29-16-19-10-8-18(9-11-19)14-25-24(28)21-15-26-27(23(21)20-12-13-20)22-7-5-4-6-17(22)2/h4-11,15,20H,3,12-14,16H2,1-2H3,(H,25,28). The number of carbonyl (C=O) groups excluding carboxylic acids is 1. The van der Waals surface area contributed by atoms with E-state index in [-0.39, 0.29) is 5.91 Å². The van der Waals surface area contributed by atoms with Crippen LogP contribution in [-0.2, 0) is 17.9 Å². The van der Waals surface area contributed by atoms with Gasteiger partial charge in [0.15, 0.2) is 0 Å². The highest BCUT2D eigenvalue weighted by molar-refractivity contribution is 5.95. The third kappa shape index (κ3) is 4.40. The first-order valence-corrected chi connectivity index (χ1v) is 10.2. The summed E-state index contributed by atoms with van der Waals surface area (Å²) in [5.74, 6) is 0.348. The van der Waals surface area contributed by atoms with E-state index in [0.29, 0.717) is 31.2 Å². The van der Waals surface area contributed by atoms with E-state index < -0.39 is 0 Å². The van der Waals surface area contributed by atoms with Gasteiger partial charge in [0.2, 0.25) is 0 Å². The molecule has 0 spiro atoms. The first kappa shape index (κ1) is 19.4. The van der Waals surface area contributed by atoms with E-state index in [1.165, 1.54) is 0 Å². The summed E-state index contributed by atoms with van der Waals surface area (Å²) < 4.78 is 7.37. The topological polar surface area (TPSA) is 56.1 Å². The van der Waals surface area contributed by atoms with Crippen molar-refractivity contribution in [2.24, 2.45) is 0 Å². The molecule has 1 heterocycles. The summed E-state index contributed by atoms with van der Waals surface area (Å²) in [7, 11) is 0. The molecule has 1 fully saturated rings. The Hall–Kier alpha value is -2.92. The van der Waals surface area contributed by atoms with E-state index in [9.17, 15) is 4.79 Å². The van der Waals surface area contributed by atoms with Crippen LogP contribution in [0.1, 0.15) is 58.4 Å². The van der Waals surface area contributed by atoms with Crippen LogP contribution < -0.4 is 5.32 Å². The zero-order valence-electron chi connectivity index (χ0n) is 17.0. The van der Waals surface area contributed by atoms with E-state index in [1.54, 1.807) is 6.20 Å². The summed E-state index contributed by atoms with van der Waals surface area (Å²) in [6.45, 7) is 5.88. The molecule has 0 aliphatic heterocycles. The number of aromatic nitrogens is 2. The van der Waals surface area contributed by atoms with Crippen LogP contribution in [0.4, 0.5) is 0 Å². The molecule has 1 aliphatic carbocycles. The molecule has 0 radical (unpaired) electrons. The number of hydrogen-bond acceptors (Lipinski definition) is 3. The third-order valence-corrected chi connectivity index (χ3v) is 5.31. The SMILES string of the molecule is CCOCc1ccc(CNC(=O)c2cnn(-c3ccccc3C)c2C2CC2)cc1. The predicted octanol–water partition coefficient (Wildman–Crippen LogP) is 4.52. The van der Waals surface area contributed by atoms with Crippen molar-refractivity contribution >= 4 is 5.91 Å². The minimum atomic E-state index is -0.0647. The molecule has 0 atom stereocenters. The van der Waals surface area contributed by atoms with Crippen molar-refractivity contribution in [1.82, 2.24) is 15.1 Å². The minimum Gasteiger partial charge on any atom is -0.377 e. The Morgan fingerprint density at radius 1 is 1.14 bits per heavy atom. The van der Waals surface area contributed by atoms with Crippen molar-refractivity contribution in [3.63, 3.8) is 0 Å². The quantitative estimate of drug-likeness (QED) is 0.616. The summed E-state index contributed by atoms with van der Waals surface area (Å²) in [5, 5.41) is 7.62. The van der Waals surface area contributed by atoms with Crippen LogP contribution in [0.2, 0.25) is 0 Å². The molecule has 150 valence electrons. The number of nitrogens with one attached hydrogen (secondary N) is 1. The highest BCUT2D eigenvalue weighted by Crippen LogP contribution is 2.42. The molecule has 4 rings (SSSR count). The molecule has 0 bridgehead atoms. The van der Waals surface area contributed by atoms with Gasteiger partial charge in [0, 0.05) is 19.1 Å². The van der Waals surface area contributed by atoms with Gasteiger partial charge in [-0.2, -0.15) is 5.10 Å². The lowest BCUT2D eigenvalue weighted by molar-refractivity contribution is 0.0950. The molecule has 1 saturated carbocycles. The summed E-state index contributed by atoms with van der Waals surface area (Å²) in [5.41, 5.74) is 6.11. The zero-order chi connectivity index (χ0) is 20.2. The number of nitrogens with zero attached hydrogens (tertiary/aromatic N) is 2. The van der Waals surface area contributed by atoms with Crippen molar-refractivity contribution in [2.45, 2.75) is 45.8 Å². The molecule has 1 amide bonds. The predicted molar refractivity (Wildman–Crippen MR) is 113 cm³/mol. The van der Waals surface area contributed by atoms with Crippen LogP contribution in [0.5, 0.6) is 0 Å². The van der Waals surface area contributed by atoms with Crippen LogP contribution in [0.25, 0.3) is 5.69 Å². The van der Waals surface area contributed by atoms with Gasteiger partial charge in [0.1, 0.15) is 0 Å². The number of rotatable bonds is 8. The van der Waals surface area contributed by atoms with Gasteiger partial charge in [-0.15, -0.1) is 0 Å². The fourth-order valence-corrected chi connectivity index (χ4v) is 3.53. The van der Waals surface area contributed by atoms with E-state index in [1.807, 2.05) is 48.0 Å². The van der Waals surface area contributed by atoms with Gasteiger partial charge < -0.3 is 10.1 Å². The van der Waals surface area contributed by atoms with Crippen LogP contribution in [0, 0.1) is 6.92 Å². The van der Waals surface area contributed by atoms with Crippen LogP contribution in [0.15, 0.2) is 54.7 Å². The van der Waals surface area contributed by atoms with E-state index >= 15 is 0 Å². The van der Waals surface area contributed by atoms with Crippen molar-refractivity contribution in [1.29, 1.82) is 0 Å². The number of benzene rings is 2. The smallest absolute Gasteiger partial charge is 0.255 e. The molecule has 1 N–H and O–H groups in total. The maximum atomic E-state index is 12.9. The Labute approximate surface area is 171 Å². The van der Waals surface area contributed by atoms with Gasteiger partial charge in [-0.1, -0.05) is 42.5 Å². The number of hydrogen-bond donors (Lipinski definition) is 1. The first-order chi connectivity index (χ1) is 14.2. The number of amides is 1. The molecule has 5 heteroatoms. The van der Waals surface area contributed by atoms with E-state index in [2.05, 4.69) is 29.5 Å². The van der Waals surface area contributed by atoms with Gasteiger partial charge in [-0.25, -0.2) is 4.68 Å². The zero-order valence-corrected chi connectivity index (χ0v) is 17.0. The molecule has 3 aromatic rings. The average Bonchev–Trinajstić information content (AvgIpc) is 3.49. The summed E-state index contributed by atoms with van der Waals surface area (Å²) in [6, 6.07) is 16.3. The Morgan fingerprint density at radius 2 is 1.86 bits per heavy atom. The second kappa shape index (κ2) is 8.62. The molecule has 1 aliphatic rings. The lowest BCUT2D eigenvalue weighted by atomic mass is 10.1. The molecule has 0 unspecified atom stereocenters. The number of ether oxygens (including phenoxy) is 1. The van der Waals surface area contributed by atoms with Gasteiger partial charge in [0.25, 0.3) is 5.91 Å². The minimum absolute atomic E-state index is 0.0647. The molecular weight excluding hydrogens is 362 g/mol. The largest absolute Gasteiger partial charge is 0.377 e. The Kier molecular flexibility index (Phi) is 5.76. The van der Waals surface area contributed by atoms with Gasteiger partial charge in [-0.3, -0.25) is 4.79 Å². The van der Waals surface area contributed by atoms with Crippen molar-refractivity contribution in [3.05, 3.63) is 82.7 Å². The molecule has 2 aromatic carbocycles. The maximum absolute atomic E-state index is 12.9. The summed E-state index contributed by atoms with van der Waals surface area (Å²) >= 11 is 0. The van der Waals surface area contributed by atoms with E-state index in [0.717, 1.165) is 40.9 Å². The Balaban J connectivity index is 1.49. The monoisotopic (exact) mass is 389 g/mol. The van der Waals surface area contributed by atoms with Crippen molar-refractivity contribution in [2.75, 3.05) is 6.61 Å². The van der Waals surface area contributed by atoms with Crippen LogP contribution in [-0.4, -0.2) is 22.3 Å². The normalized spacial score (nSPS) is 13.4. The Morgan fingerprint density at radius 3 is 2.55 bits per heavy atom. The second-order valence-electron chi connectivity index (χ2n) is 7.55. The van der Waals surface area contributed by atoms with Gasteiger partial charge in [-0.05, 0) is 49.4 Å². The molecular formula is C24H27N3O2. The highest BCUT2D eigenvalue weighted by Gasteiger charge is 2.33. The summed E-state index contributed by atoms with van der Waals surface area (Å²) in [6.07, 6.45) is 3.93. The molecule has 1 aromatic heterocycles. The first-order valence-electron chi connectivity index (χ1n) is 10.2. The maximum Gasteiger partial charge on any atom is 0.255 e. The van der Waals surface area contributed by atoms with E-state index in [4.69, 9.17) is 4.74 Å². The number of carbonyl (C=O) groups is 1. The lowest BCUT2D eigenvalue weighted by Gasteiger charge is -2.11. The number of aryl methyl sites for hydroxylation is 1. The van der Waals surface area contributed by atoms with Crippen LogP contribution in [0.3, 0.4) is 0 Å². The molecule has 0 saturated heterocycles.